The fraction of sp³-hybridized carbons (Fsp3) is 0.353. The predicted octanol–water partition coefficient (Wildman–Crippen LogP) is 1.43. The van der Waals surface area contributed by atoms with Gasteiger partial charge in [-0.25, -0.2) is 9.78 Å². The van der Waals surface area contributed by atoms with Crippen molar-refractivity contribution in [1.82, 2.24) is 9.88 Å². The predicted molar refractivity (Wildman–Crippen MR) is 96.7 cm³/mol. The highest BCUT2D eigenvalue weighted by atomic mass is 16.4. The molecule has 0 fully saturated rings. The Morgan fingerprint density at radius 2 is 1.92 bits per heavy atom. The van der Waals surface area contributed by atoms with Crippen LogP contribution in [-0.4, -0.2) is 72.8 Å². The van der Waals surface area contributed by atoms with E-state index in [-0.39, 0.29) is 12.1 Å². The zero-order chi connectivity index (χ0) is 18.6. The summed E-state index contributed by atoms with van der Waals surface area (Å²) in [6, 6.07) is 4.97. The van der Waals surface area contributed by atoms with E-state index in [1.165, 1.54) is 11.0 Å². The summed E-state index contributed by atoms with van der Waals surface area (Å²) in [5.41, 5.74) is 0.806. The van der Waals surface area contributed by atoms with Gasteiger partial charge in [0.25, 0.3) is 0 Å². The SMILES string of the molecule is CN(C)CCNc1cnc(N(C)CC(=O)O)c2c(C(=O)O)cccc12. The molecule has 0 saturated carbocycles. The highest BCUT2D eigenvalue weighted by Gasteiger charge is 2.19. The summed E-state index contributed by atoms with van der Waals surface area (Å²) >= 11 is 0. The van der Waals surface area contributed by atoms with Crippen LogP contribution in [0.5, 0.6) is 0 Å². The molecule has 2 rings (SSSR count). The average molecular weight is 346 g/mol. The summed E-state index contributed by atoms with van der Waals surface area (Å²) in [7, 11) is 5.50. The second-order valence-corrected chi connectivity index (χ2v) is 6.01. The van der Waals surface area contributed by atoms with Crippen molar-refractivity contribution in [2.24, 2.45) is 0 Å². The van der Waals surface area contributed by atoms with Crippen molar-refractivity contribution in [1.29, 1.82) is 0 Å². The number of benzene rings is 1. The number of pyridine rings is 1. The Bertz CT molecular complexity index is 792. The average Bonchev–Trinajstić information content (AvgIpc) is 2.53. The van der Waals surface area contributed by atoms with Gasteiger partial charge in [0.1, 0.15) is 12.4 Å². The topological polar surface area (TPSA) is 106 Å². The second kappa shape index (κ2) is 7.80. The molecule has 8 nitrogen and oxygen atoms in total. The Labute approximate surface area is 145 Å². The monoisotopic (exact) mass is 346 g/mol. The largest absolute Gasteiger partial charge is 0.480 e. The third-order valence-corrected chi connectivity index (χ3v) is 3.73. The van der Waals surface area contributed by atoms with Crippen molar-refractivity contribution in [2.75, 3.05) is 51.0 Å². The Morgan fingerprint density at radius 3 is 2.52 bits per heavy atom. The lowest BCUT2D eigenvalue weighted by Crippen LogP contribution is -2.26. The summed E-state index contributed by atoms with van der Waals surface area (Å²) in [6.07, 6.45) is 1.61. The number of hydrogen-bond donors (Lipinski definition) is 3. The molecule has 0 aliphatic rings. The first-order valence-electron chi connectivity index (χ1n) is 7.77. The highest BCUT2D eigenvalue weighted by molar-refractivity contribution is 6.12. The van der Waals surface area contributed by atoms with Gasteiger partial charge in [-0.05, 0) is 20.2 Å². The summed E-state index contributed by atoms with van der Waals surface area (Å²) in [5, 5.41) is 22.9. The van der Waals surface area contributed by atoms with Gasteiger partial charge in [0.15, 0.2) is 0 Å². The normalized spacial score (nSPS) is 10.9. The lowest BCUT2D eigenvalue weighted by Gasteiger charge is -2.21. The number of aromatic carboxylic acids is 1. The zero-order valence-corrected chi connectivity index (χ0v) is 14.5. The number of carboxylic acid groups (broad SMARTS) is 2. The molecule has 0 aliphatic carbocycles. The van der Waals surface area contributed by atoms with Gasteiger partial charge < -0.3 is 25.3 Å². The van der Waals surface area contributed by atoms with Crippen molar-refractivity contribution < 1.29 is 19.8 Å². The van der Waals surface area contributed by atoms with Gasteiger partial charge in [0.05, 0.1) is 17.4 Å². The quantitative estimate of drug-likeness (QED) is 0.659. The van der Waals surface area contributed by atoms with Crippen molar-refractivity contribution in [2.45, 2.75) is 0 Å². The fourth-order valence-corrected chi connectivity index (χ4v) is 2.58. The molecule has 3 N–H and O–H groups in total. The van der Waals surface area contributed by atoms with E-state index in [1.807, 2.05) is 19.0 Å². The maximum atomic E-state index is 11.6. The molecule has 0 unspecified atom stereocenters. The molecule has 0 saturated heterocycles. The van der Waals surface area contributed by atoms with Gasteiger partial charge in [-0.15, -0.1) is 0 Å². The van der Waals surface area contributed by atoms with Gasteiger partial charge in [0.2, 0.25) is 0 Å². The van der Waals surface area contributed by atoms with E-state index in [1.54, 1.807) is 25.4 Å². The first kappa shape index (κ1) is 18.5. The third-order valence-electron chi connectivity index (χ3n) is 3.73. The molecule has 1 heterocycles. The lowest BCUT2D eigenvalue weighted by atomic mass is 10.0. The van der Waals surface area contributed by atoms with Crippen LogP contribution in [0.2, 0.25) is 0 Å². The van der Waals surface area contributed by atoms with E-state index in [0.29, 0.717) is 28.8 Å². The number of nitrogens with zero attached hydrogens (tertiary/aromatic N) is 3. The molecule has 25 heavy (non-hydrogen) atoms. The molecule has 2 aromatic rings. The van der Waals surface area contributed by atoms with Crippen molar-refractivity contribution in [3.05, 3.63) is 30.0 Å². The van der Waals surface area contributed by atoms with Crippen LogP contribution in [0.3, 0.4) is 0 Å². The Balaban J connectivity index is 2.55. The van der Waals surface area contributed by atoms with Crippen LogP contribution in [0, 0.1) is 0 Å². The van der Waals surface area contributed by atoms with E-state index in [9.17, 15) is 14.7 Å². The number of rotatable bonds is 8. The molecule has 0 radical (unpaired) electrons. The van der Waals surface area contributed by atoms with Crippen LogP contribution in [0.15, 0.2) is 24.4 Å². The van der Waals surface area contributed by atoms with Crippen LogP contribution in [0.25, 0.3) is 10.8 Å². The van der Waals surface area contributed by atoms with Gasteiger partial charge >= 0.3 is 11.9 Å². The number of carboxylic acids is 2. The number of aliphatic carboxylic acids is 1. The molecule has 0 atom stereocenters. The number of fused-ring (bicyclic) bond motifs is 1. The standard InChI is InChI=1S/C17H22N4O4/c1-20(2)8-7-18-13-9-19-16(21(3)10-14(22)23)15-11(13)5-4-6-12(15)17(24)25/h4-6,9,18H,7-8,10H2,1-3H3,(H,22,23)(H,24,25). The molecule has 0 amide bonds. The maximum absolute atomic E-state index is 11.6. The Hall–Kier alpha value is -2.87. The first-order chi connectivity index (χ1) is 11.8. The number of nitrogens with one attached hydrogen (secondary N) is 1. The minimum Gasteiger partial charge on any atom is -0.480 e. The zero-order valence-electron chi connectivity index (χ0n) is 14.5. The molecular formula is C17H22N4O4. The minimum absolute atomic E-state index is 0.0912. The molecule has 134 valence electrons. The van der Waals surface area contributed by atoms with E-state index >= 15 is 0 Å². The Kier molecular flexibility index (Phi) is 5.76. The summed E-state index contributed by atoms with van der Waals surface area (Å²) in [6.45, 7) is 1.20. The summed E-state index contributed by atoms with van der Waals surface area (Å²) < 4.78 is 0. The molecule has 0 bridgehead atoms. The Morgan fingerprint density at radius 1 is 1.20 bits per heavy atom. The van der Waals surface area contributed by atoms with Crippen LogP contribution in [0.1, 0.15) is 10.4 Å². The number of likely N-dealkylation sites (N-methyl/N-ethyl adjacent to an activating group) is 2. The van der Waals surface area contributed by atoms with E-state index in [2.05, 4.69) is 10.3 Å². The number of carbonyl (C=O) groups is 2. The van der Waals surface area contributed by atoms with Gasteiger partial charge in [0, 0.05) is 30.9 Å². The van der Waals surface area contributed by atoms with Gasteiger partial charge in [-0.1, -0.05) is 12.1 Å². The molecular weight excluding hydrogens is 324 g/mol. The molecule has 0 aliphatic heterocycles. The van der Waals surface area contributed by atoms with E-state index < -0.39 is 11.9 Å². The smallest absolute Gasteiger partial charge is 0.336 e. The van der Waals surface area contributed by atoms with Gasteiger partial charge in [-0.3, -0.25) is 4.79 Å². The lowest BCUT2D eigenvalue weighted by molar-refractivity contribution is -0.135. The summed E-state index contributed by atoms with van der Waals surface area (Å²) in [5.74, 6) is -1.77. The van der Waals surface area contributed by atoms with Crippen LogP contribution in [0.4, 0.5) is 11.5 Å². The molecule has 1 aromatic heterocycles. The van der Waals surface area contributed by atoms with E-state index in [4.69, 9.17) is 5.11 Å². The third kappa shape index (κ3) is 4.36. The van der Waals surface area contributed by atoms with E-state index in [0.717, 1.165) is 6.54 Å². The molecule has 0 spiro atoms. The first-order valence-corrected chi connectivity index (χ1v) is 7.77. The fourth-order valence-electron chi connectivity index (χ4n) is 2.58. The molecule has 8 heteroatoms. The van der Waals surface area contributed by atoms with Crippen LogP contribution >= 0.6 is 0 Å². The van der Waals surface area contributed by atoms with Crippen molar-refractivity contribution >= 4 is 34.2 Å². The number of hydrogen-bond acceptors (Lipinski definition) is 6. The highest BCUT2D eigenvalue weighted by Crippen LogP contribution is 2.32. The van der Waals surface area contributed by atoms with Crippen LogP contribution in [-0.2, 0) is 4.79 Å². The van der Waals surface area contributed by atoms with Crippen LogP contribution < -0.4 is 10.2 Å². The molecule has 1 aromatic carbocycles. The summed E-state index contributed by atoms with van der Waals surface area (Å²) in [4.78, 5) is 30.4. The number of anilines is 2. The van der Waals surface area contributed by atoms with Crippen molar-refractivity contribution in [3.8, 4) is 0 Å². The van der Waals surface area contributed by atoms with Crippen molar-refractivity contribution in [3.63, 3.8) is 0 Å². The minimum atomic E-state index is -1.08. The number of aromatic nitrogens is 1. The van der Waals surface area contributed by atoms with Gasteiger partial charge in [-0.2, -0.15) is 0 Å². The maximum Gasteiger partial charge on any atom is 0.336 e. The second-order valence-electron chi connectivity index (χ2n) is 6.01.